The van der Waals surface area contributed by atoms with Crippen molar-refractivity contribution in [2.75, 3.05) is 13.1 Å². The zero-order valence-electron chi connectivity index (χ0n) is 6.77. The molecular weight excluding hydrogens is 136 g/mol. The number of rotatable bonds is 0. The maximum absolute atomic E-state index is 8.83. The minimum Gasteiger partial charge on any atom is -0.317 e. The molecule has 60 valence electrons. The van der Waals surface area contributed by atoms with Crippen LogP contribution in [0, 0.1) is 22.7 Å². The first-order chi connectivity index (χ1) is 5.37. The molecule has 0 amide bonds. The number of nitriles is 1. The quantitative estimate of drug-likeness (QED) is 0.564. The molecule has 1 saturated carbocycles. The summed E-state index contributed by atoms with van der Waals surface area (Å²) in [6, 6.07) is 2.43. The van der Waals surface area contributed by atoms with Crippen LogP contribution in [0.2, 0.25) is 0 Å². The molecule has 1 heterocycles. The number of hydrogen-bond donors (Lipinski definition) is 1. The van der Waals surface area contributed by atoms with Crippen molar-refractivity contribution in [3.8, 4) is 6.07 Å². The van der Waals surface area contributed by atoms with Gasteiger partial charge >= 0.3 is 0 Å². The summed E-state index contributed by atoms with van der Waals surface area (Å²) in [5.41, 5.74) is 0.444. The minimum absolute atomic E-state index is 0.379. The SMILES string of the molecule is N#CC1CCC12CCNCC2. The Morgan fingerprint density at radius 3 is 2.45 bits per heavy atom. The summed E-state index contributed by atoms with van der Waals surface area (Å²) in [6.07, 6.45) is 4.90. The monoisotopic (exact) mass is 150 g/mol. The highest BCUT2D eigenvalue weighted by molar-refractivity contribution is 5.06. The van der Waals surface area contributed by atoms with Gasteiger partial charge in [-0.2, -0.15) is 5.26 Å². The molecule has 2 heteroatoms. The van der Waals surface area contributed by atoms with Gasteiger partial charge in [0.2, 0.25) is 0 Å². The highest BCUT2D eigenvalue weighted by atomic mass is 14.9. The molecule has 0 bridgehead atoms. The standard InChI is InChI=1S/C9H14N2/c10-7-8-1-2-9(8)3-5-11-6-4-9/h8,11H,1-6H2. The molecule has 0 aromatic carbocycles. The molecule has 1 unspecified atom stereocenters. The van der Waals surface area contributed by atoms with Crippen LogP contribution < -0.4 is 5.32 Å². The van der Waals surface area contributed by atoms with E-state index in [1.54, 1.807) is 0 Å². The molecule has 2 aliphatic rings. The maximum Gasteiger partial charge on any atom is 0.0661 e. The minimum atomic E-state index is 0.379. The topological polar surface area (TPSA) is 35.8 Å². The molecule has 1 N–H and O–H groups in total. The van der Waals surface area contributed by atoms with E-state index < -0.39 is 0 Å². The average molecular weight is 150 g/mol. The second-order valence-corrected chi connectivity index (χ2v) is 3.83. The van der Waals surface area contributed by atoms with Crippen LogP contribution in [0.15, 0.2) is 0 Å². The van der Waals surface area contributed by atoms with Crippen LogP contribution >= 0.6 is 0 Å². The summed E-state index contributed by atoms with van der Waals surface area (Å²) in [5.74, 6) is 0.379. The van der Waals surface area contributed by atoms with E-state index in [0.29, 0.717) is 11.3 Å². The summed E-state index contributed by atoms with van der Waals surface area (Å²) in [7, 11) is 0. The van der Waals surface area contributed by atoms with Gasteiger partial charge in [0, 0.05) is 0 Å². The number of piperidine rings is 1. The van der Waals surface area contributed by atoms with Crippen molar-refractivity contribution >= 4 is 0 Å². The van der Waals surface area contributed by atoms with E-state index >= 15 is 0 Å². The predicted octanol–water partition coefficient (Wildman–Crippen LogP) is 1.29. The fourth-order valence-corrected chi connectivity index (χ4v) is 2.42. The van der Waals surface area contributed by atoms with Crippen LogP contribution in [0.25, 0.3) is 0 Å². The second kappa shape index (κ2) is 2.49. The first kappa shape index (κ1) is 7.12. The molecule has 1 aliphatic heterocycles. The Morgan fingerprint density at radius 2 is 2.00 bits per heavy atom. The van der Waals surface area contributed by atoms with E-state index in [9.17, 15) is 0 Å². The lowest BCUT2D eigenvalue weighted by Crippen LogP contribution is -2.47. The second-order valence-electron chi connectivity index (χ2n) is 3.83. The van der Waals surface area contributed by atoms with Crippen LogP contribution in [-0.2, 0) is 0 Å². The van der Waals surface area contributed by atoms with Crippen LogP contribution in [-0.4, -0.2) is 13.1 Å². The summed E-state index contributed by atoms with van der Waals surface area (Å²) in [5, 5.41) is 12.2. The molecule has 0 aromatic heterocycles. The lowest BCUT2D eigenvalue weighted by Gasteiger charge is -2.49. The van der Waals surface area contributed by atoms with Gasteiger partial charge in [-0.05, 0) is 44.2 Å². The Kier molecular flexibility index (Phi) is 1.61. The van der Waals surface area contributed by atoms with E-state index in [1.807, 2.05) is 0 Å². The van der Waals surface area contributed by atoms with E-state index in [4.69, 9.17) is 5.26 Å². The molecule has 2 rings (SSSR count). The van der Waals surface area contributed by atoms with Gasteiger partial charge in [0.1, 0.15) is 0 Å². The van der Waals surface area contributed by atoms with Gasteiger partial charge in [-0.15, -0.1) is 0 Å². The van der Waals surface area contributed by atoms with E-state index in [1.165, 1.54) is 19.3 Å². The summed E-state index contributed by atoms with van der Waals surface area (Å²) >= 11 is 0. The molecule has 0 aromatic rings. The normalized spacial score (nSPS) is 34.3. The van der Waals surface area contributed by atoms with E-state index in [-0.39, 0.29) is 0 Å². The van der Waals surface area contributed by atoms with E-state index in [2.05, 4.69) is 11.4 Å². The molecule has 0 radical (unpaired) electrons. The molecule has 1 saturated heterocycles. The van der Waals surface area contributed by atoms with Crippen molar-refractivity contribution in [2.45, 2.75) is 25.7 Å². The largest absolute Gasteiger partial charge is 0.317 e. The molecule has 11 heavy (non-hydrogen) atoms. The number of nitrogens with zero attached hydrogens (tertiary/aromatic N) is 1. The van der Waals surface area contributed by atoms with Gasteiger partial charge in [0.25, 0.3) is 0 Å². The van der Waals surface area contributed by atoms with Crippen molar-refractivity contribution < 1.29 is 0 Å². The molecule has 2 fully saturated rings. The Labute approximate surface area is 67.6 Å². The average Bonchev–Trinajstić information content (AvgIpc) is 2.05. The number of nitrogens with one attached hydrogen (secondary N) is 1. The van der Waals surface area contributed by atoms with Crippen molar-refractivity contribution in [1.29, 1.82) is 5.26 Å². The summed E-state index contributed by atoms with van der Waals surface area (Å²) < 4.78 is 0. The zero-order chi connectivity index (χ0) is 7.73. The number of hydrogen-bond acceptors (Lipinski definition) is 2. The fraction of sp³-hybridized carbons (Fsp3) is 0.889. The van der Waals surface area contributed by atoms with Gasteiger partial charge in [0.15, 0.2) is 0 Å². The Bertz CT molecular complexity index is 186. The summed E-state index contributed by atoms with van der Waals surface area (Å²) in [4.78, 5) is 0. The molecule has 2 nitrogen and oxygen atoms in total. The lowest BCUT2D eigenvalue weighted by atomic mass is 9.56. The van der Waals surface area contributed by atoms with Gasteiger partial charge < -0.3 is 5.32 Å². The predicted molar refractivity (Wildman–Crippen MR) is 42.9 cm³/mol. The fourth-order valence-electron chi connectivity index (χ4n) is 2.42. The van der Waals surface area contributed by atoms with Crippen molar-refractivity contribution in [3.63, 3.8) is 0 Å². The third-order valence-electron chi connectivity index (χ3n) is 3.43. The Hall–Kier alpha value is -0.550. The van der Waals surface area contributed by atoms with Crippen LogP contribution in [0.3, 0.4) is 0 Å². The smallest absolute Gasteiger partial charge is 0.0661 e. The Balaban J connectivity index is 2.04. The summed E-state index contributed by atoms with van der Waals surface area (Å²) in [6.45, 7) is 2.25. The van der Waals surface area contributed by atoms with Crippen LogP contribution in [0.4, 0.5) is 0 Å². The third kappa shape index (κ3) is 0.954. The lowest BCUT2D eigenvalue weighted by molar-refractivity contribution is 0.0337. The maximum atomic E-state index is 8.83. The van der Waals surface area contributed by atoms with Gasteiger partial charge in [-0.3, -0.25) is 0 Å². The third-order valence-corrected chi connectivity index (χ3v) is 3.43. The first-order valence-corrected chi connectivity index (χ1v) is 4.48. The highest BCUT2D eigenvalue weighted by Gasteiger charge is 2.46. The molecule has 1 aliphatic carbocycles. The van der Waals surface area contributed by atoms with Crippen LogP contribution in [0.5, 0.6) is 0 Å². The van der Waals surface area contributed by atoms with Crippen molar-refractivity contribution in [2.24, 2.45) is 11.3 Å². The van der Waals surface area contributed by atoms with Crippen molar-refractivity contribution in [3.05, 3.63) is 0 Å². The Morgan fingerprint density at radius 1 is 1.27 bits per heavy atom. The van der Waals surface area contributed by atoms with Crippen LogP contribution in [0.1, 0.15) is 25.7 Å². The van der Waals surface area contributed by atoms with Gasteiger partial charge in [-0.25, -0.2) is 0 Å². The van der Waals surface area contributed by atoms with Gasteiger partial charge in [0.05, 0.1) is 12.0 Å². The van der Waals surface area contributed by atoms with E-state index in [0.717, 1.165) is 19.5 Å². The highest BCUT2D eigenvalue weighted by Crippen LogP contribution is 2.52. The molecule has 1 atom stereocenters. The van der Waals surface area contributed by atoms with Gasteiger partial charge in [-0.1, -0.05) is 0 Å². The first-order valence-electron chi connectivity index (χ1n) is 4.48. The zero-order valence-corrected chi connectivity index (χ0v) is 6.77. The van der Waals surface area contributed by atoms with Crippen molar-refractivity contribution in [1.82, 2.24) is 5.32 Å². The molecular formula is C9H14N2. The molecule has 1 spiro atoms.